The summed E-state index contributed by atoms with van der Waals surface area (Å²) in [6, 6.07) is 6.87. The molecule has 0 saturated carbocycles. The van der Waals surface area contributed by atoms with E-state index in [1.54, 1.807) is 12.1 Å². The molecule has 0 spiro atoms. The van der Waals surface area contributed by atoms with Gasteiger partial charge in [-0.3, -0.25) is 9.59 Å². The third kappa shape index (κ3) is 2.23. The number of Topliss-reactive ketones (excluding diaryl/α,β-unsaturated/α-hetero) is 1. The molecule has 0 unspecified atom stereocenters. The molecule has 3 rings (SSSR count). The molecule has 0 bridgehead atoms. The molecular formula is C14H10O6. The van der Waals surface area contributed by atoms with E-state index in [0.717, 1.165) is 5.56 Å². The average Bonchev–Trinajstić information content (AvgIpc) is 3.06. The fourth-order valence-electron chi connectivity index (χ4n) is 1.93. The number of carboxylic acid groups (broad SMARTS) is 1. The Bertz CT molecular complexity index is 685. The maximum Gasteiger partial charge on any atom is 0.311 e. The van der Waals surface area contributed by atoms with Crippen molar-refractivity contribution in [3.8, 4) is 22.6 Å². The summed E-state index contributed by atoms with van der Waals surface area (Å²) in [7, 11) is 0. The van der Waals surface area contributed by atoms with Crippen LogP contribution in [0.3, 0.4) is 0 Å². The second-order valence-electron chi connectivity index (χ2n) is 4.26. The van der Waals surface area contributed by atoms with Gasteiger partial charge in [0.1, 0.15) is 6.42 Å². The Morgan fingerprint density at radius 2 is 1.90 bits per heavy atom. The van der Waals surface area contributed by atoms with Crippen LogP contribution in [0.4, 0.5) is 0 Å². The van der Waals surface area contributed by atoms with Crippen molar-refractivity contribution >= 4 is 11.8 Å². The van der Waals surface area contributed by atoms with Crippen molar-refractivity contribution < 1.29 is 28.6 Å². The Labute approximate surface area is 113 Å². The number of benzene rings is 1. The summed E-state index contributed by atoms with van der Waals surface area (Å²) in [5.74, 6) is -0.429. The van der Waals surface area contributed by atoms with E-state index in [-0.39, 0.29) is 12.6 Å². The molecule has 1 aromatic carbocycles. The lowest BCUT2D eigenvalue weighted by Crippen LogP contribution is -2.05. The second kappa shape index (κ2) is 4.73. The molecule has 1 aliphatic heterocycles. The van der Waals surface area contributed by atoms with Gasteiger partial charge in [-0.25, -0.2) is 0 Å². The number of furan rings is 1. The van der Waals surface area contributed by atoms with E-state index in [1.807, 2.05) is 6.07 Å². The van der Waals surface area contributed by atoms with Crippen LogP contribution >= 0.6 is 0 Å². The Kier molecular flexibility index (Phi) is 2.90. The van der Waals surface area contributed by atoms with E-state index in [4.69, 9.17) is 19.0 Å². The largest absolute Gasteiger partial charge is 0.481 e. The maximum atomic E-state index is 11.6. The van der Waals surface area contributed by atoms with Crippen molar-refractivity contribution in [3.63, 3.8) is 0 Å². The standard InChI is InChI=1S/C14H10O6/c15-10(5-14(16)17)12-4-9(6-18-12)8-1-2-11-13(3-8)20-7-19-11/h1-4,6H,5,7H2,(H,16,17). The number of aliphatic carboxylic acids is 1. The lowest BCUT2D eigenvalue weighted by atomic mass is 10.1. The normalized spacial score (nSPS) is 12.4. The number of rotatable bonds is 4. The SMILES string of the molecule is O=C(O)CC(=O)c1cc(-c2ccc3c(c2)OCO3)co1. The van der Waals surface area contributed by atoms with Gasteiger partial charge in [0, 0.05) is 5.56 Å². The number of carboxylic acids is 1. The highest BCUT2D eigenvalue weighted by atomic mass is 16.7. The van der Waals surface area contributed by atoms with Gasteiger partial charge in [0.15, 0.2) is 17.3 Å². The molecule has 6 nitrogen and oxygen atoms in total. The van der Waals surface area contributed by atoms with Crippen LogP contribution in [0, 0.1) is 0 Å². The van der Waals surface area contributed by atoms with E-state index in [0.29, 0.717) is 17.1 Å². The minimum absolute atomic E-state index is 0.0278. The first kappa shape index (κ1) is 12.3. The minimum Gasteiger partial charge on any atom is -0.481 e. The van der Waals surface area contributed by atoms with Gasteiger partial charge in [-0.2, -0.15) is 0 Å². The topological polar surface area (TPSA) is 86.0 Å². The summed E-state index contributed by atoms with van der Waals surface area (Å²) in [6.45, 7) is 0.187. The zero-order valence-corrected chi connectivity index (χ0v) is 10.3. The zero-order chi connectivity index (χ0) is 14.1. The number of hydrogen-bond donors (Lipinski definition) is 1. The molecule has 0 amide bonds. The molecule has 2 aromatic rings. The number of carbonyl (C=O) groups excluding carboxylic acids is 1. The monoisotopic (exact) mass is 274 g/mol. The molecule has 0 saturated heterocycles. The van der Waals surface area contributed by atoms with Gasteiger partial charge in [0.05, 0.1) is 6.26 Å². The molecule has 1 N–H and O–H groups in total. The number of fused-ring (bicyclic) bond motifs is 1. The molecule has 6 heteroatoms. The van der Waals surface area contributed by atoms with Crippen LogP contribution in [-0.2, 0) is 4.79 Å². The highest BCUT2D eigenvalue weighted by Crippen LogP contribution is 2.36. The fourth-order valence-corrected chi connectivity index (χ4v) is 1.93. The smallest absolute Gasteiger partial charge is 0.311 e. The van der Waals surface area contributed by atoms with Crippen molar-refractivity contribution in [3.05, 3.63) is 36.3 Å². The summed E-state index contributed by atoms with van der Waals surface area (Å²) in [6.07, 6.45) is 0.820. The molecule has 2 heterocycles. The van der Waals surface area contributed by atoms with Gasteiger partial charge in [0.2, 0.25) is 12.6 Å². The first-order valence-electron chi connectivity index (χ1n) is 5.87. The third-order valence-electron chi connectivity index (χ3n) is 2.89. The number of ketones is 1. The lowest BCUT2D eigenvalue weighted by Gasteiger charge is -1.99. The summed E-state index contributed by atoms with van der Waals surface area (Å²) in [5, 5.41) is 8.58. The van der Waals surface area contributed by atoms with Crippen LogP contribution in [0.1, 0.15) is 17.0 Å². The molecule has 0 atom stereocenters. The highest BCUT2D eigenvalue weighted by molar-refractivity contribution is 6.04. The van der Waals surface area contributed by atoms with Gasteiger partial charge in [-0.1, -0.05) is 6.07 Å². The molecule has 20 heavy (non-hydrogen) atoms. The van der Waals surface area contributed by atoms with Crippen LogP contribution in [0.25, 0.3) is 11.1 Å². The van der Waals surface area contributed by atoms with Crippen molar-refractivity contribution in [2.24, 2.45) is 0 Å². The second-order valence-corrected chi connectivity index (χ2v) is 4.26. The van der Waals surface area contributed by atoms with Gasteiger partial charge in [-0.05, 0) is 23.8 Å². The van der Waals surface area contributed by atoms with E-state index >= 15 is 0 Å². The highest BCUT2D eigenvalue weighted by Gasteiger charge is 2.18. The molecular weight excluding hydrogens is 264 g/mol. The van der Waals surface area contributed by atoms with E-state index in [9.17, 15) is 9.59 Å². The number of carbonyl (C=O) groups is 2. The predicted octanol–water partition coefficient (Wildman–Crippen LogP) is 2.33. The molecule has 0 fully saturated rings. The Hall–Kier alpha value is -2.76. The van der Waals surface area contributed by atoms with Crippen LogP contribution in [0.5, 0.6) is 11.5 Å². The fraction of sp³-hybridized carbons (Fsp3) is 0.143. The van der Waals surface area contributed by atoms with Gasteiger partial charge in [0.25, 0.3) is 0 Å². The minimum atomic E-state index is -1.18. The van der Waals surface area contributed by atoms with Crippen LogP contribution in [0.2, 0.25) is 0 Å². The van der Waals surface area contributed by atoms with Gasteiger partial charge >= 0.3 is 5.97 Å². The summed E-state index contributed by atoms with van der Waals surface area (Å²) < 4.78 is 15.6. The molecule has 102 valence electrons. The average molecular weight is 274 g/mol. The first-order chi connectivity index (χ1) is 9.63. The molecule has 1 aromatic heterocycles. The number of ether oxygens (including phenoxy) is 2. The van der Waals surface area contributed by atoms with Crippen molar-refractivity contribution in [2.75, 3.05) is 6.79 Å². The summed E-state index contributed by atoms with van der Waals surface area (Å²) in [5.41, 5.74) is 1.48. The number of hydrogen-bond acceptors (Lipinski definition) is 5. The van der Waals surface area contributed by atoms with E-state index in [2.05, 4.69) is 0 Å². The van der Waals surface area contributed by atoms with Crippen molar-refractivity contribution in [1.82, 2.24) is 0 Å². The predicted molar refractivity (Wildman–Crippen MR) is 66.9 cm³/mol. The molecule has 0 aliphatic carbocycles. The van der Waals surface area contributed by atoms with E-state index in [1.165, 1.54) is 12.3 Å². The Balaban J connectivity index is 1.86. The van der Waals surface area contributed by atoms with E-state index < -0.39 is 18.2 Å². The quantitative estimate of drug-likeness (QED) is 0.680. The van der Waals surface area contributed by atoms with Crippen LogP contribution in [-0.4, -0.2) is 23.7 Å². The van der Waals surface area contributed by atoms with Gasteiger partial charge in [-0.15, -0.1) is 0 Å². The molecule has 0 radical (unpaired) electrons. The zero-order valence-electron chi connectivity index (χ0n) is 10.3. The maximum absolute atomic E-state index is 11.6. The summed E-state index contributed by atoms with van der Waals surface area (Å²) >= 11 is 0. The van der Waals surface area contributed by atoms with Crippen LogP contribution < -0.4 is 9.47 Å². The van der Waals surface area contributed by atoms with Crippen LogP contribution in [0.15, 0.2) is 34.9 Å². The first-order valence-corrected chi connectivity index (χ1v) is 5.87. The van der Waals surface area contributed by atoms with Crippen molar-refractivity contribution in [2.45, 2.75) is 6.42 Å². The van der Waals surface area contributed by atoms with Gasteiger partial charge < -0.3 is 19.0 Å². The Morgan fingerprint density at radius 1 is 1.10 bits per heavy atom. The molecule has 1 aliphatic rings. The Morgan fingerprint density at radius 3 is 2.70 bits per heavy atom. The third-order valence-corrected chi connectivity index (χ3v) is 2.89. The lowest BCUT2D eigenvalue weighted by molar-refractivity contribution is -0.135. The van der Waals surface area contributed by atoms with Crippen molar-refractivity contribution in [1.29, 1.82) is 0 Å². The summed E-state index contributed by atoms with van der Waals surface area (Å²) in [4.78, 5) is 22.1.